The third-order valence-corrected chi connectivity index (χ3v) is 4.00. The van der Waals surface area contributed by atoms with Crippen molar-refractivity contribution in [3.8, 4) is 0 Å². The second-order valence-electron chi connectivity index (χ2n) is 7.68. The zero-order valence-corrected chi connectivity index (χ0v) is 17.8. The molecule has 0 unspecified atom stereocenters. The number of ether oxygens (including phenoxy) is 1. The van der Waals surface area contributed by atoms with Gasteiger partial charge in [-0.15, -0.1) is 0 Å². The predicted octanol–water partition coefficient (Wildman–Crippen LogP) is 6.36. The molecule has 148 valence electrons. The Kier molecular flexibility index (Phi) is 8.99. The molecular weight excluding hydrogens is 336 g/mol. The molecule has 0 aromatic heterocycles. The lowest BCUT2D eigenvalue weighted by Gasteiger charge is -2.24. The van der Waals surface area contributed by atoms with Crippen LogP contribution < -0.4 is 5.32 Å². The summed E-state index contributed by atoms with van der Waals surface area (Å²) < 4.78 is 5.44. The molecule has 4 nitrogen and oxygen atoms in total. The van der Waals surface area contributed by atoms with Crippen LogP contribution in [0.3, 0.4) is 0 Å². The lowest BCUT2D eigenvalue weighted by Crippen LogP contribution is -2.35. The molecule has 1 atom stereocenters. The average molecular weight is 371 g/mol. The number of allylic oxidation sites excluding steroid dienone is 3. The van der Waals surface area contributed by atoms with Crippen LogP contribution in [0.1, 0.15) is 72.9 Å². The van der Waals surface area contributed by atoms with Crippen LogP contribution in [-0.2, 0) is 4.74 Å². The molecule has 0 fully saturated rings. The highest BCUT2D eigenvalue weighted by Gasteiger charge is 2.21. The van der Waals surface area contributed by atoms with Crippen LogP contribution in [0.15, 0.2) is 58.7 Å². The van der Waals surface area contributed by atoms with Crippen molar-refractivity contribution < 1.29 is 9.53 Å². The fourth-order valence-corrected chi connectivity index (χ4v) is 2.55. The van der Waals surface area contributed by atoms with Gasteiger partial charge in [-0.3, -0.25) is 4.99 Å². The predicted molar refractivity (Wildman–Crippen MR) is 114 cm³/mol. The van der Waals surface area contributed by atoms with E-state index in [9.17, 15) is 4.79 Å². The number of benzene rings is 1. The number of alkyl carbamates (subject to hydrolysis) is 1. The lowest BCUT2D eigenvalue weighted by atomic mass is 10.0. The van der Waals surface area contributed by atoms with E-state index in [1.54, 1.807) is 0 Å². The van der Waals surface area contributed by atoms with Crippen LogP contribution in [0.2, 0.25) is 0 Å². The number of nitrogens with zero attached hydrogens (tertiary/aromatic N) is 1. The van der Waals surface area contributed by atoms with Gasteiger partial charge in [-0.2, -0.15) is 0 Å². The highest BCUT2D eigenvalue weighted by Crippen LogP contribution is 2.20. The number of aliphatic imine (C=N–C) groups is 1. The number of hydrogen-bond acceptors (Lipinski definition) is 3. The first-order chi connectivity index (χ1) is 12.7. The standard InChI is InChI=1S/C23H34N2O2/c1-8-13-20(17(3)9-2)24-18(4)16-21(19-14-11-10-12-15-19)25-22(26)27-23(5,6)7/h8,10-15,21H,9,16H2,1-7H3,(H,25,26)/b13-8-,20-17-,24-18?/t21-/m1/s1. The first kappa shape index (κ1) is 22.7. The first-order valence-electron chi connectivity index (χ1n) is 9.57. The van der Waals surface area contributed by atoms with E-state index >= 15 is 0 Å². The Labute approximate surface area is 164 Å². The molecule has 0 aliphatic rings. The lowest BCUT2D eigenvalue weighted by molar-refractivity contribution is 0.0505. The molecule has 0 heterocycles. The molecule has 0 bridgehead atoms. The van der Waals surface area contributed by atoms with Crippen molar-refractivity contribution in [1.29, 1.82) is 0 Å². The van der Waals surface area contributed by atoms with Crippen molar-refractivity contribution in [2.24, 2.45) is 4.99 Å². The van der Waals surface area contributed by atoms with Gasteiger partial charge in [-0.25, -0.2) is 4.79 Å². The highest BCUT2D eigenvalue weighted by atomic mass is 16.6. The summed E-state index contributed by atoms with van der Waals surface area (Å²) in [6.45, 7) is 13.8. The maximum atomic E-state index is 12.3. The average Bonchev–Trinajstić information content (AvgIpc) is 2.59. The molecule has 0 radical (unpaired) electrons. The third-order valence-electron chi connectivity index (χ3n) is 4.00. The molecule has 0 spiro atoms. The molecule has 1 amide bonds. The zero-order chi connectivity index (χ0) is 20.4. The van der Waals surface area contributed by atoms with Crippen molar-refractivity contribution in [3.05, 3.63) is 59.3 Å². The summed E-state index contributed by atoms with van der Waals surface area (Å²) in [4.78, 5) is 17.1. The summed E-state index contributed by atoms with van der Waals surface area (Å²) in [6, 6.07) is 9.73. The highest BCUT2D eigenvalue weighted by molar-refractivity contribution is 5.84. The summed E-state index contributed by atoms with van der Waals surface area (Å²) >= 11 is 0. The molecule has 4 heteroatoms. The van der Waals surface area contributed by atoms with Crippen molar-refractivity contribution in [2.75, 3.05) is 0 Å². The van der Waals surface area contributed by atoms with Crippen LogP contribution >= 0.6 is 0 Å². The number of rotatable bonds is 7. The topological polar surface area (TPSA) is 50.7 Å². The van der Waals surface area contributed by atoms with Crippen LogP contribution in [0.25, 0.3) is 0 Å². The van der Waals surface area contributed by atoms with E-state index in [2.05, 4.69) is 19.2 Å². The van der Waals surface area contributed by atoms with E-state index in [4.69, 9.17) is 9.73 Å². The van der Waals surface area contributed by atoms with E-state index < -0.39 is 11.7 Å². The maximum absolute atomic E-state index is 12.3. The Morgan fingerprint density at radius 3 is 2.37 bits per heavy atom. The fraction of sp³-hybridized carbons (Fsp3) is 0.478. The minimum atomic E-state index is -0.533. The molecule has 1 N–H and O–H groups in total. The molecule has 1 rings (SSSR count). The summed E-state index contributed by atoms with van der Waals surface area (Å²) in [5, 5.41) is 2.99. The fourth-order valence-electron chi connectivity index (χ4n) is 2.55. The van der Waals surface area contributed by atoms with Gasteiger partial charge in [0.05, 0.1) is 11.7 Å². The van der Waals surface area contributed by atoms with E-state index in [0.717, 1.165) is 23.4 Å². The van der Waals surface area contributed by atoms with E-state index in [1.807, 2.05) is 77.1 Å². The SMILES string of the molecule is C/C=C\C(N=C(C)C[C@@H](NC(=O)OC(C)(C)C)c1ccccc1)=C(/C)CC. The Morgan fingerprint density at radius 2 is 1.85 bits per heavy atom. The van der Waals surface area contributed by atoms with Crippen molar-refractivity contribution in [1.82, 2.24) is 5.32 Å². The van der Waals surface area contributed by atoms with Gasteiger partial charge in [-0.05, 0) is 65.2 Å². The quantitative estimate of drug-likeness (QED) is 0.448. The van der Waals surface area contributed by atoms with Crippen LogP contribution in [-0.4, -0.2) is 17.4 Å². The summed E-state index contributed by atoms with van der Waals surface area (Å²) in [5.41, 5.74) is 3.68. The second kappa shape index (κ2) is 10.7. The third kappa shape index (κ3) is 8.72. The zero-order valence-electron chi connectivity index (χ0n) is 17.8. The second-order valence-corrected chi connectivity index (χ2v) is 7.68. The normalized spacial score (nSPS) is 14.7. The van der Waals surface area contributed by atoms with Crippen molar-refractivity contribution >= 4 is 11.8 Å². The monoisotopic (exact) mass is 370 g/mol. The Hall–Kier alpha value is -2.36. The van der Waals surface area contributed by atoms with E-state index in [-0.39, 0.29) is 6.04 Å². The number of amides is 1. The Balaban J connectivity index is 3.07. The van der Waals surface area contributed by atoms with Gasteiger partial charge in [0.25, 0.3) is 0 Å². The van der Waals surface area contributed by atoms with Gasteiger partial charge in [0.1, 0.15) is 5.60 Å². The van der Waals surface area contributed by atoms with Gasteiger partial charge in [0, 0.05) is 12.1 Å². The molecule has 27 heavy (non-hydrogen) atoms. The van der Waals surface area contributed by atoms with Gasteiger partial charge < -0.3 is 10.1 Å². The first-order valence-corrected chi connectivity index (χ1v) is 9.57. The van der Waals surface area contributed by atoms with Gasteiger partial charge in [-0.1, -0.05) is 43.3 Å². The van der Waals surface area contributed by atoms with E-state index in [1.165, 1.54) is 5.57 Å². The minimum absolute atomic E-state index is 0.196. The molecule has 0 aliphatic heterocycles. The Bertz CT molecular complexity index is 695. The minimum Gasteiger partial charge on any atom is -0.444 e. The number of nitrogens with one attached hydrogen (secondary N) is 1. The van der Waals surface area contributed by atoms with E-state index in [0.29, 0.717) is 6.42 Å². The molecule has 0 saturated carbocycles. The summed E-state index contributed by atoms with van der Waals surface area (Å²) in [5.74, 6) is 0. The maximum Gasteiger partial charge on any atom is 0.408 e. The number of carbonyl (C=O) groups is 1. The van der Waals surface area contributed by atoms with Gasteiger partial charge in [0.15, 0.2) is 0 Å². The number of carbonyl (C=O) groups excluding carboxylic acids is 1. The molecule has 1 aromatic rings. The Morgan fingerprint density at radius 1 is 1.22 bits per heavy atom. The molecule has 1 aromatic carbocycles. The van der Waals surface area contributed by atoms with Crippen molar-refractivity contribution in [2.45, 2.75) is 73.0 Å². The summed E-state index contributed by atoms with van der Waals surface area (Å²) in [7, 11) is 0. The molecule has 0 saturated heterocycles. The van der Waals surface area contributed by atoms with Crippen molar-refractivity contribution in [3.63, 3.8) is 0 Å². The molecular formula is C23H34N2O2. The smallest absolute Gasteiger partial charge is 0.408 e. The molecule has 0 aliphatic carbocycles. The van der Waals surface area contributed by atoms with Gasteiger partial charge >= 0.3 is 6.09 Å². The van der Waals surface area contributed by atoms with Crippen LogP contribution in [0, 0.1) is 0 Å². The van der Waals surface area contributed by atoms with Crippen LogP contribution in [0.5, 0.6) is 0 Å². The largest absolute Gasteiger partial charge is 0.444 e. The number of hydrogen-bond donors (Lipinski definition) is 1. The van der Waals surface area contributed by atoms with Crippen LogP contribution in [0.4, 0.5) is 4.79 Å². The summed E-state index contributed by atoms with van der Waals surface area (Å²) in [6.07, 6.45) is 5.17. The van der Waals surface area contributed by atoms with Gasteiger partial charge in [0.2, 0.25) is 0 Å².